The average Bonchev–Trinajstić information content (AvgIpc) is 3.15. The Hall–Kier alpha value is -2.80. The van der Waals surface area contributed by atoms with Crippen LogP contribution in [0, 0.1) is 19.8 Å². The van der Waals surface area contributed by atoms with Crippen LogP contribution < -0.4 is 15.8 Å². The summed E-state index contributed by atoms with van der Waals surface area (Å²) in [5.74, 6) is -0.595. The molecule has 26 heavy (non-hydrogen) atoms. The molecule has 1 aliphatic rings. The first-order chi connectivity index (χ1) is 12.4. The normalized spacial score (nSPS) is 16.7. The Morgan fingerprint density at radius 2 is 1.96 bits per heavy atom. The van der Waals surface area contributed by atoms with Crippen molar-refractivity contribution < 1.29 is 18.8 Å². The van der Waals surface area contributed by atoms with Crippen molar-refractivity contribution >= 4 is 35.0 Å². The fourth-order valence-corrected chi connectivity index (χ4v) is 3.17. The first-order valence-electron chi connectivity index (χ1n) is 8.09. The van der Waals surface area contributed by atoms with Gasteiger partial charge in [-0.2, -0.15) is 0 Å². The summed E-state index contributed by atoms with van der Waals surface area (Å²) >= 11 is 6.12. The third kappa shape index (κ3) is 3.57. The number of nitrogens with one attached hydrogen (secondary N) is 2. The van der Waals surface area contributed by atoms with Crippen molar-refractivity contribution in [2.45, 2.75) is 20.3 Å². The van der Waals surface area contributed by atoms with E-state index in [1.165, 1.54) is 4.90 Å². The van der Waals surface area contributed by atoms with Gasteiger partial charge in [0.15, 0.2) is 0 Å². The molecule has 0 aliphatic carbocycles. The van der Waals surface area contributed by atoms with E-state index in [1.54, 1.807) is 44.2 Å². The summed E-state index contributed by atoms with van der Waals surface area (Å²) in [6.07, 6.45) is 0.0524. The molecule has 0 saturated carbocycles. The summed E-state index contributed by atoms with van der Waals surface area (Å²) in [6.45, 7) is 3.60. The first kappa shape index (κ1) is 18.0. The van der Waals surface area contributed by atoms with Gasteiger partial charge in [0.2, 0.25) is 11.8 Å². The maximum atomic E-state index is 12.3. The molecule has 3 rings (SSSR count). The van der Waals surface area contributed by atoms with Gasteiger partial charge in [-0.15, -0.1) is 0 Å². The van der Waals surface area contributed by atoms with Crippen molar-refractivity contribution in [3.8, 4) is 0 Å². The van der Waals surface area contributed by atoms with Crippen LogP contribution in [0.5, 0.6) is 0 Å². The summed E-state index contributed by atoms with van der Waals surface area (Å²) in [5, 5.41) is 0.445. The molecule has 1 saturated heterocycles. The minimum Gasteiger partial charge on any atom is -0.466 e. The van der Waals surface area contributed by atoms with Gasteiger partial charge in [-0.25, -0.2) is 0 Å². The standard InChI is InChI=1S/C18H18ClN3O4/c1-10-7-13(11(2)26-10)18(25)21-20-17(24)12-8-16(23)22(9-12)15-6-4-3-5-14(15)19/h3-7,12H,8-9H2,1-2H3,(H,20,24)(H,21,25). The van der Waals surface area contributed by atoms with Crippen LogP contribution in [0.25, 0.3) is 0 Å². The SMILES string of the molecule is Cc1cc(C(=O)NNC(=O)C2CC(=O)N(c3ccccc3Cl)C2)c(C)o1. The molecule has 1 aliphatic heterocycles. The molecule has 1 unspecified atom stereocenters. The fraction of sp³-hybridized carbons (Fsp3) is 0.278. The van der Waals surface area contributed by atoms with E-state index in [0.29, 0.717) is 27.8 Å². The van der Waals surface area contributed by atoms with Crippen LogP contribution in [0.4, 0.5) is 5.69 Å². The van der Waals surface area contributed by atoms with Gasteiger partial charge < -0.3 is 9.32 Å². The van der Waals surface area contributed by atoms with E-state index in [0.717, 1.165) is 0 Å². The number of carbonyl (C=O) groups is 3. The molecule has 0 radical (unpaired) electrons. The number of hydrazine groups is 1. The van der Waals surface area contributed by atoms with Crippen molar-refractivity contribution in [3.63, 3.8) is 0 Å². The number of halogens is 1. The molecule has 2 aromatic rings. The molecule has 3 amide bonds. The Labute approximate surface area is 155 Å². The van der Waals surface area contributed by atoms with Crippen LogP contribution in [0.2, 0.25) is 5.02 Å². The Balaban J connectivity index is 1.61. The molecule has 8 heteroatoms. The monoisotopic (exact) mass is 375 g/mol. The van der Waals surface area contributed by atoms with Gasteiger partial charge in [0.1, 0.15) is 11.5 Å². The van der Waals surface area contributed by atoms with Gasteiger partial charge >= 0.3 is 0 Å². The lowest BCUT2D eigenvalue weighted by atomic mass is 10.1. The van der Waals surface area contributed by atoms with E-state index < -0.39 is 17.7 Å². The summed E-state index contributed by atoms with van der Waals surface area (Å²) in [5.41, 5.74) is 5.65. The fourth-order valence-electron chi connectivity index (χ4n) is 2.93. The maximum absolute atomic E-state index is 12.3. The summed E-state index contributed by atoms with van der Waals surface area (Å²) in [4.78, 5) is 38.2. The van der Waals surface area contributed by atoms with Gasteiger partial charge in [-0.05, 0) is 32.0 Å². The number of rotatable bonds is 3. The Kier molecular flexibility index (Phi) is 4.99. The van der Waals surface area contributed by atoms with Crippen LogP contribution >= 0.6 is 11.6 Å². The lowest BCUT2D eigenvalue weighted by molar-refractivity contribution is -0.126. The molecule has 0 spiro atoms. The lowest BCUT2D eigenvalue weighted by Gasteiger charge is -2.18. The van der Waals surface area contributed by atoms with Crippen molar-refractivity contribution in [1.29, 1.82) is 0 Å². The number of carbonyl (C=O) groups excluding carboxylic acids is 3. The topological polar surface area (TPSA) is 91.7 Å². The van der Waals surface area contributed by atoms with Crippen molar-refractivity contribution in [2.75, 3.05) is 11.4 Å². The van der Waals surface area contributed by atoms with E-state index in [4.69, 9.17) is 16.0 Å². The molecule has 1 atom stereocenters. The highest BCUT2D eigenvalue weighted by molar-refractivity contribution is 6.33. The van der Waals surface area contributed by atoms with Crippen molar-refractivity contribution in [1.82, 2.24) is 10.9 Å². The number of furan rings is 1. The molecular weight excluding hydrogens is 358 g/mol. The van der Waals surface area contributed by atoms with E-state index in [2.05, 4.69) is 10.9 Å². The zero-order chi connectivity index (χ0) is 18.8. The maximum Gasteiger partial charge on any atom is 0.273 e. The number of benzene rings is 1. The molecule has 7 nitrogen and oxygen atoms in total. The molecule has 0 bridgehead atoms. The Bertz CT molecular complexity index is 877. The minimum atomic E-state index is -0.578. The Morgan fingerprint density at radius 1 is 1.23 bits per heavy atom. The number of amides is 3. The second kappa shape index (κ2) is 7.21. The third-order valence-electron chi connectivity index (χ3n) is 4.22. The molecule has 136 valence electrons. The molecular formula is C18H18ClN3O4. The number of nitrogens with zero attached hydrogens (tertiary/aromatic N) is 1. The second-order valence-corrected chi connectivity index (χ2v) is 6.53. The van der Waals surface area contributed by atoms with Gasteiger partial charge in [-0.1, -0.05) is 23.7 Å². The number of hydrogen-bond acceptors (Lipinski definition) is 4. The van der Waals surface area contributed by atoms with Gasteiger partial charge in [0, 0.05) is 13.0 Å². The number of hydrogen-bond donors (Lipinski definition) is 2. The van der Waals surface area contributed by atoms with Gasteiger partial charge in [0.25, 0.3) is 5.91 Å². The summed E-state index contributed by atoms with van der Waals surface area (Å²) in [7, 11) is 0. The molecule has 1 aromatic carbocycles. The van der Waals surface area contributed by atoms with E-state index in [9.17, 15) is 14.4 Å². The van der Waals surface area contributed by atoms with Crippen molar-refractivity contribution in [3.05, 3.63) is 52.4 Å². The molecule has 2 heterocycles. The number of para-hydroxylation sites is 1. The number of aryl methyl sites for hydroxylation is 2. The molecule has 1 aromatic heterocycles. The predicted octanol–water partition coefficient (Wildman–Crippen LogP) is 2.36. The highest BCUT2D eigenvalue weighted by Gasteiger charge is 2.36. The van der Waals surface area contributed by atoms with Crippen LogP contribution in [0.1, 0.15) is 28.3 Å². The van der Waals surface area contributed by atoms with Crippen molar-refractivity contribution in [2.24, 2.45) is 5.92 Å². The molecule has 2 N–H and O–H groups in total. The average molecular weight is 376 g/mol. The lowest BCUT2D eigenvalue weighted by Crippen LogP contribution is -2.45. The zero-order valence-electron chi connectivity index (χ0n) is 14.3. The quantitative estimate of drug-likeness (QED) is 0.805. The smallest absolute Gasteiger partial charge is 0.273 e. The molecule has 1 fully saturated rings. The largest absolute Gasteiger partial charge is 0.466 e. The summed E-state index contributed by atoms with van der Waals surface area (Å²) in [6, 6.07) is 8.55. The first-order valence-corrected chi connectivity index (χ1v) is 8.46. The van der Waals surface area contributed by atoms with Gasteiger partial charge in [-0.3, -0.25) is 25.2 Å². The van der Waals surface area contributed by atoms with E-state index in [1.807, 2.05) is 0 Å². The summed E-state index contributed by atoms with van der Waals surface area (Å²) < 4.78 is 5.29. The van der Waals surface area contributed by atoms with E-state index >= 15 is 0 Å². The Morgan fingerprint density at radius 3 is 2.62 bits per heavy atom. The zero-order valence-corrected chi connectivity index (χ0v) is 15.1. The van der Waals surface area contributed by atoms with E-state index in [-0.39, 0.29) is 18.9 Å². The number of anilines is 1. The highest BCUT2D eigenvalue weighted by atomic mass is 35.5. The second-order valence-electron chi connectivity index (χ2n) is 6.13. The van der Waals surface area contributed by atoms with Crippen LogP contribution in [0.15, 0.2) is 34.7 Å². The van der Waals surface area contributed by atoms with Crippen LogP contribution in [-0.4, -0.2) is 24.3 Å². The van der Waals surface area contributed by atoms with Crippen LogP contribution in [-0.2, 0) is 9.59 Å². The van der Waals surface area contributed by atoms with Crippen LogP contribution in [0.3, 0.4) is 0 Å². The highest BCUT2D eigenvalue weighted by Crippen LogP contribution is 2.30. The predicted molar refractivity (Wildman–Crippen MR) is 95.7 cm³/mol. The minimum absolute atomic E-state index is 0.0524. The third-order valence-corrected chi connectivity index (χ3v) is 4.54. The van der Waals surface area contributed by atoms with Gasteiger partial charge in [0.05, 0.1) is 22.2 Å².